The van der Waals surface area contributed by atoms with Gasteiger partial charge in [-0.05, 0) is 26.8 Å². The van der Waals surface area contributed by atoms with Crippen LogP contribution in [-0.2, 0) is 4.79 Å². The first-order chi connectivity index (χ1) is 6.06. The minimum absolute atomic E-state index is 0.180. The van der Waals surface area contributed by atoms with Gasteiger partial charge in [-0.1, -0.05) is 0 Å². The standard InChI is InChI=1S/C9H18N2O2/c1-9(10-2)3-5-11(6-4-9)7-8(12)13/h10H,3-7H2,1-2H3,(H,12,13). The molecule has 0 aromatic carbocycles. The van der Waals surface area contributed by atoms with Crippen molar-refractivity contribution in [3.8, 4) is 0 Å². The fraction of sp³-hybridized carbons (Fsp3) is 0.889. The molecule has 0 amide bonds. The average molecular weight is 186 g/mol. The smallest absolute Gasteiger partial charge is 0.317 e. The molecule has 1 fully saturated rings. The summed E-state index contributed by atoms with van der Waals surface area (Å²) >= 11 is 0. The molecule has 4 nitrogen and oxygen atoms in total. The van der Waals surface area contributed by atoms with Crippen molar-refractivity contribution in [2.75, 3.05) is 26.7 Å². The highest BCUT2D eigenvalue weighted by atomic mass is 16.4. The van der Waals surface area contributed by atoms with Gasteiger partial charge in [0.2, 0.25) is 0 Å². The molecule has 0 radical (unpaired) electrons. The third kappa shape index (κ3) is 2.97. The Morgan fingerprint density at radius 2 is 2.08 bits per heavy atom. The van der Waals surface area contributed by atoms with Crippen molar-refractivity contribution in [3.05, 3.63) is 0 Å². The van der Waals surface area contributed by atoms with Crippen LogP contribution < -0.4 is 5.32 Å². The van der Waals surface area contributed by atoms with Crippen molar-refractivity contribution >= 4 is 5.97 Å². The summed E-state index contributed by atoms with van der Waals surface area (Å²) in [7, 11) is 1.97. The molecular formula is C9H18N2O2. The molecule has 13 heavy (non-hydrogen) atoms. The van der Waals surface area contributed by atoms with Crippen LogP contribution >= 0.6 is 0 Å². The predicted molar refractivity (Wildman–Crippen MR) is 50.8 cm³/mol. The van der Waals surface area contributed by atoms with Gasteiger partial charge in [-0.2, -0.15) is 0 Å². The lowest BCUT2D eigenvalue weighted by Gasteiger charge is -2.38. The summed E-state index contributed by atoms with van der Waals surface area (Å²) in [4.78, 5) is 12.4. The minimum atomic E-state index is -0.729. The molecule has 1 aliphatic heterocycles. The van der Waals surface area contributed by atoms with Crippen LogP contribution in [0.2, 0.25) is 0 Å². The number of carboxylic acids is 1. The van der Waals surface area contributed by atoms with Gasteiger partial charge in [-0.3, -0.25) is 9.69 Å². The number of hydrogen-bond donors (Lipinski definition) is 2. The summed E-state index contributed by atoms with van der Waals surface area (Å²) in [5, 5.41) is 11.9. The Morgan fingerprint density at radius 1 is 1.54 bits per heavy atom. The largest absolute Gasteiger partial charge is 0.480 e. The number of aliphatic carboxylic acids is 1. The summed E-state index contributed by atoms with van der Waals surface area (Å²) < 4.78 is 0. The Hall–Kier alpha value is -0.610. The Morgan fingerprint density at radius 3 is 2.46 bits per heavy atom. The summed E-state index contributed by atoms with van der Waals surface area (Å²) in [5.41, 5.74) is 0.203. The van der Waals surface area contributed by atoms with E-state index in [0.29, 0.717) is 0 Å². The number of nitrogens with one attached hydrogen (secondary N) is 1. The minimum Gasteiger partial charge on any atom is -0.480 e. The maximum Gasteiger partial charge on any atom is 0.317 e. The number of carbonyl (C=O) groups is 1. The first-order valence-electron chi connectivity index (χ1n) is 4.69. The number of nitrogens with zero attached hydrogens (tertiary/aromatic N) is 1. The molecule has 0 aliphatic carbocycles. The summed E-state index contributed by atoms with van der Waals surface area (Å²) in [6, 6.07) is 0. The lowest BCUT2D eigenvalue weighted by atomic mass is 9.90. The van der Waals surface area contributed by atoms with Crippen LogP contribution in [-0.4, -0.2) is 48.2 Å². The van der Waals surface area contributed by atoms with Gasteiger partial charge in [0.15, 0.2) is 0 Å². The van der Waals surface area contributed by atoms with Crippen molar-refractivity contribution in [2.24, 2.45) is 0 Å². The van der Waals surface area contributed by atoms with E-state index in [0.717, 1.165) is 25.9 Å². The van der Waals surface area contributed by atoms with E-state index in [2.05, 4.69) is 12.2 Å². The Labute approximate surface area is 78.9 Å². The second-order valence-electron chi connectivity index (χ2n) is 3.98. The second kappa shape index (κ2) is 4.07. The molecule has 1 saturated heterocycles. The van der Waals surface area contributed by atoms with Crippen LogP contribution in [0.1, 0.15) is 19.8 Å². The number of carboxylic acid groups (broad SMARTS) is 1. The van der Waals surface area contributed by atoms with Crippen molar-refractivity contribution < 1.29 is 9.90 Å². The first kappa shape index (κ1) is 10.5. The fourth-order valence-electron chi connectivity index (χ4n) is 1.65. The fourth-order valence-corrected chi connectivity index (χ4v) is 1.65. The number of rotatable bonds is 3. The third-order valence-electron chi connectivity index (χ3n) is 2.92. The monoisotopic (exact) mass is 186 g/mol. The molecule has 0 aromatic heterocycles. The van der Waals surface area contributed by atoms with Gasteiger partial charge < -0.3 is 10.4 Å². The third-order valence-corrected chi connectivity index (χ3v) is 2.92. The molecule has 0 saturated carbocycles. The molecule has 0 spiro atoms. The lowest BCUT2D eigenvalue weighted by molar-refractivity contribution is -0.138. The van der Waals surface area contributed by atoms with Gasteiger partial charge in [0, 0.05) is 18.6 Å². The first-order valence-corrected chi connectivity index (χ1v) is 4.69. The second-order valence-corrected chi connectivity index (χ2v) is 3.98. The van der Waals surface area contributed by atoms with E-state index in [1.165, 1.54) is 0 Å². The molecule has 1 aliphatic rings. The Kier molecular flexibility index (Phi) is 3.27. The molecule has 0 aromatic rings. The quantitative estimate of drug-likeness (QED) is 0.658. The zero-order valence-corrected chi connectivity index (χ0v) is 8.34. The van der Waals surface area contributed by atoms with E-state index in [1.807, 2.05) is 11.9 Å². The van der Waals surface area contributed by atoms with Crippen LogP contribution in [0.4, 0.5) is 0 Å². The molecular weight excluding hydrogens is 168 g/mol. The van der Waals surface area contributed by atoms with Crippen molar-refractivity contribution in [1.29, 1.82) is 0 Å². The van der Waals surface area contributed by atoms with E-state index in [-0.39, 0.29) is 12.1 Å². The highest BCUT2D eigenvalue weighted by Crippen LogP contribution is 2.20. The average Bonchev–Trinajstić information content (AvgIpc) is 2.09. The Bertz CT molecular complexity index is 186. The number of hydrogen-bond acceptors (Lipinski definition) is 3. The maximum absolute atomic E-state index is 10.4. The highest BCUT2D eigenvalue weighted by molar-refractivity contribution is 5.69. The predicted octanol–water partition coefficient (Wildman–Crippen LogP) is 0.145. The molecule has 0 bridgehead atoms. The summed E-state index contributed by atoms with van der Waals surface area (Å²) in [6.07, 6.45) is 2.05. The zero-order valence-electron chi connectivity index (χ0n) is 8.34. The summed E-state index contributed by atoms with van der Waals surface area (Å²) in [6.45, 7) is 4.12. The van der Waals surface area contributed by atoms with Gasteiger partial charge >= 0.3 is 5.97 Å². The molecule has 4 heteroatoms. The molecule has 76 valence electrons. The number of likely N-dealkylation sites (tertiary alicyclic amines) is 1. The van der Waals surface area contributed by atoms with Gasteiger partial charge in [0.25, 0.3) is 0 Å². The lowest BCUT2D eigenvalue weighted by Crippen LogP contribution is -2.50. The highest BCUT2D eigenvalue weighted by Gasteiger charge is 2.28. The maximum atomic E-state index is 10.4. The van der Waals surface area contributed by atoms with E-state index >= 15 is 0 Å². The van der Waals surface area contributed by atoms with Crippen LogP contribution in [0.25, 0.3) is 0 Å². The topological polar surface area (TPSA) is 52.6 Å². The number of piperidine rings is 1. The Balaban J connectivity index is 2.34. The van der Waals surface area contributed by atoms with Crippen LogP contribution in [0.5, 0.6) is 0 Å². The molecule has 1 rings (SSSR count). The van der Waals surface area contributed by atoms with E-state index in [1.54, 1.807) is 0 Å². The van der Waals surface area contributed by atoms with Gasteiger partial charge in [0.1, 0.15) is 0 Å². The van der Waals surface area contributed by atoms with Gasteiger partial charge in [-0.25, -0.2) is 0 Å². The van der Waals surface area contributed by atoms with Crippen molar-refractivity contribution in [1.82, 2.24) is 10.2 Å². The SMILES string of the molecule is CNC1(C)CCN(CC(=O)O)CC1. The van der Waals surface area contributed by atoms with E-state index in [9.17, 15) is 4.79 Å². The van der Waals surface area contributed by atoms with Crippen molar-refractivity contribution in [2.45, 2.75) is 25.3 Å². The van der Waals surface area contributed by atoms with E-state index in [4.69, 9.17) is 5.11 Å². The molecule has 2 N–H and O–H groups in total. The van der Waals surface area contributed by atoms with Gasteiger partial charge in [0.05, 0.1) is 6.54 Å². The van der Waals surface area contributed by atoms with Crippen LogP contribution in [0, 0.1) is 0 Å². The van der Waals surface area contributed by atoms with Gasteiger partial charge in [-0.15, -0.1) is 0 Å². The molecule has 1 heterocycles. The molecule has 0 atom stereocenters. The summed E-state index contributed by atoms with van der Waals surface area (Å²) in [5.74, 6) is -0.729. The van der Waals surface area contributed by atoms with Crippen molar-refractivity contribution in [3.63, 3.8) is 0 Å². The van der Waals surface area contributed by atoms with Crippen LogP contribution in [0.15, 0.2) is 0 Å². The van der Waals surface area contributed by atoms with Crippen LogP contribution in [0.3, 0.4) is 0 Å². The zero-order chi connectivity index (χ0) is 9.90. The molecule has 0 unspecified atom stereocenters. The normalized spacial score (nSPS) is 22.9. The van der Waals surface area contributed by atoms with E-state index < -0.39 is 5.97 Å².